The molecular weight excluding hydrogens is 278 g/mol. The molecule has 0 unspecified atom stereocenters. The normalized spacial score (nSPS) is 16.9. The molecule has 116 valence electrons. The summed E-state index contributed by atoms with van der Waals surface area (Å²) in [6.45, 7) is 3.89. The fourth-order valence-corrected chi connectivity index (χ4v) is 2.68. The Bertz CT molecular complexity index is 309. The van der Waals surface area contributed by atoms with Crippen molar-refractivity contribution in [3.63, 3.8) is 0 Å². The van der Waals surface area contributed by atoms with Gasteiger partial charge in [-0.05, 0) is 57.3 Å². The van der Waals surface area contributed by atoms with Crippen LogP contribution in [0.25, 0.3) is 0 Å². The molecule has 2 amide bonds. The van der Waals surface area contributed by atoms with Gasteiger partial charge in [-0.3, -0.25) is 0 Å². The second kappa shape index (κ2) is 9.88. The van der Waals surface area contributed by atoms with Gasteiger partial charge in [-0.1, -0.05) is 0 Å². The van der Waals surface area contributed by atoms with E-state index in [1.807, 2.05) is 6.26 Å². The van der Waals surface area contributed by atoms with Gasteiger partial charge < -0.3 is 20.6 Å². The number of nitrogens with zero attached hydrogens (tertiary/aromatic N) is 1. The van der Waals surface area contributed by atoms with Gasteiger partial charge in [0.25, 0.3) is 0 Å². The number of carboxylic acid groups (broad SMARTS) is 1. The van der Waals surface area contributed by atoms with Gasteiger partial charge >= 0.3 is 12.0 Å². The van der Waals surface area contributed by atoms with Gasteiger partial charge in [-0.25, -0.2) is 9.59 Å². The van der Waals surface area contributed by atoms with Gasteiger partial charge in [0.1, 0.15) is 6.04 Å². The number of hydrogen-bond acceptors (Lipinski definition) is 4. The lowest BCUT2D eigenvalue weighted by Crippen LogP contribution is -2.46. The zero-order valence-electron chi connectivity index (χ0n) is 12.1. The van der Waals surface area contributed by atoms with Crippen molar-refractivity contribution >= 4 is 23.8 Å². The molecule has 0 aromatic rings. The number of likely N-dealkylation sites (tertiary alicyclic amines) is 1. The summed E-state index contributed by atoms with van der Waals surface area (Å²) in [6, 6.07) is -1.19. The minimum absolute atomic E-state index is 0.389. The van der Waals surface area contributed by atoms with Crippen LogP contribution in [0, 0.1) is 0 Å². The van der Waals surface area contributed by atoms with Crippen molar-refractivity contribution < 1.29 is 14.7 Å². The molecule has 0 aromatic carbocycles. The van der Waals surface area contributed by atoms with E-state index < -0.39 is 12.0 Å². The summed E-state index contributed by atoms with van der Waals surface area (Å²) in [5.74, 6) is -0.266. The summed E-state index contributed by atoms with van der Waals surface area (Å²) >= 11 is 1.57. The Labute approximate surface area is 124 Å². The summed E-state index contributed by atoms with van der Waals surface area (Å²) in [5, 5.41) is 14.2. The van der Waals surface area contributed by atoms with Crippen LogP contribution in [0.4, 0.5) is 4.79 Å². The number of aliphatic carboxylic acids is 1. The molecule has 0 spiro atoms. The highest BCUT2D eigenvalue weighted by atomic mass is 32.2. The van der Waals surface area contributed by atoms with Crippen LogP contribution in [-0.4, -0.2) is 66.2 Å². The first kappa shape index (κ1) is 17.1. The average molecular weight is 303 g/mol. The van der Waals surface area contributed by atoms with Crippen LogP contribution >= 0.6 is 11.8 Å². The van der Waals surface area contributed by atoms with E-state index in [0.29, 0.717) is 18.7 Å². The number of carboxylic acids is 1. The Balaban J connectivity index is 2.12. The molecule has 1 aliphatic heterocycles. The zero-order chi connectivity index (χ0) is 14.8. The number of urea groups is 1. The smallest absolute Gasteiger partial charge is 0.326 e. The van der Waals surface area contributed by atoms with Crippen LogP contribution < -0.4 is 10.6 Å². The third kappa shape index (κ3) is 7.00. The lowest BCUT2D eigenvalue weighted by Gasteiger charge is -2.16. The number of carbonyl (C=O) groups is 2. The Morgan fingerprint density at radius 1 is 1.35 bits per heavy atom. The van der Waals surface area contributed by atoms with E-state index in [4.69, 9.17) is 5.11 Å². The second-order valence-electron chi connectivity index (χ2n) is 4.97. The van der Waals surface area contributed by atoms with Crippen LogP contribution in [0.2, 0.25) is 0 Å². The van der Waals surface area contributed by atoms with Gasteiger partial charge in [0.2, 0.25) is 0 Å². The molecule has 20 heavy (non-hydrogen) atoms. The molecular formula is C13H25N3O3S. The predicted octanol–water partition coefficient (Wildman–Crippen LogP) is 0.978. The Hall–Kier alpha value is -0.950. The van der Waals surface area contributed by atoms with E-state index in [1.54, 1.807) is 11.8 Å². The third-order valence-corrected chi connectivity index (χ3v) is 3.99. The topological polar surface area (TPSA) is 81.7 Å². The van der Waals surface area contributed by atoms with Crippen LogP contribution in [-0.2, 0) is 4.79 Å². The molecule has 0 aliphatic carbocycles. The fraction of sp³-hybridized carbons (Fsp3) is 0.846. The fourth-order valence-electron chi connectivity index (χ4n) is 2.21. The summed E-state index contributed by atoms with van der Waals surface area (Å²) in [7, 11) is 0. The van der Waals surface area contributed by atoms with Crippen molar-refractivity contribution in [2.24, 2.45) is 0 Å². The number of thioether (sulfide) groups is 1. The van der Waals surface area contributed by atoms with E-state index in [2.05, 4.69) is 15.5 Å². The zero-order valence-corrected chi connectivity index (χ0v) is 12.9. The van der Waals surface area contributed by atoms with Crippen molar-refractivity contribution in [2.75, 3.05) is 38.2 Å². The molecule has 1 aliphatic rings. The number of rotatable bonds is 9. The van der Waals surface area contributed by atoms with Crippen molar-refractivity contribution in [2.45, 2.75) is 31.7 Å². The van der Waals surface area contributed by atoms with E-state index >= 15 is 0 Å². The quantitative estimate of drug-likeness (QED) is 0.553. The van der Waals surface area contributed by atoms with Gasteiger partial charge in [0.05, 0.1) is 0 Å². The van der Waals surface area contributed by atoms with Crippen molar-refractivity contribution in [3.05, 3.63) is 0 Å². The van der Waals surface area contributed by atoms with Gasteiger partial charge in [0.15, 0.2) is 0 Å². The number of carbonyl (C=O) groups excluding carboxylic acids is 1. The van der Waals surface area contributed by atoms with Crippen LogP contribution in [0.3, 0.4) is 0 Å². The Morgan fingerprint density at radius 2 is 2.05 bits per heavy atom. The van der Waals surface area contributed by atoms with Crippen molar-refractivity contribution in [1.82, 2.24) is 15.5 Å². The summed E-state index contributed by atoms with van der Waals surface area (Å²) < 4.78 is 0. The average Bonchev–Trinajstić information content (AvgIpc) is 2.92. The van der Waals surface area contributed by atoms with Gasteiger partial charge in [-0.15, -0.1) is 0 Å². The minimum atomic E-state index is -0.980. The first-order chi connectivity index (χ1) is 9.63. The molecule has 3 N–H and O–H groups in total. The first-order valence-electron chi connectivity index (χ1n) is 7.12. The van der Waals surface area contributed by atoms with Crippen molar-refractivity contribution in [3.8, 4) is 0 Å². The van der Waals surface area contributed by atoms with Crippen LogP contribution in [0.15, 0.2) is 0 Å². The number of hydrogen-bond donors (Lipinski definition) is 3. The second-order valence-corrected chi connectivity index (χ2v) is 5.96. The number of nitrogens with one attached hydrogen (secondary N) is 2. The highest BCUT2D eigenvalue weighted by molar-refractivity contribution is 7.98. The lowest BCUT2D eigenvalue weighted by atomic mass is 10.2. The van der Waals surface area contributed by atoms with Crippen LogP contribution in [0.1, 0.15) is 25.7 Å². The van der Waals surface area contributed by atoms with Gasteiger partial charge in [0, 0.05) is 6.54 Å². The summed E-state index contributed by atoms with van der Waals surface area (Å²) in [4.78, 5) is 25.0. The van der Waals surface area contributed by atoms with Crippen molar-refractivity contribution in [1.29, 1.82) is 0 Å². The SMILES string of the molecule is CSCC[C@H](NC(=O)NCCCN1CCCC1)C(=O)O. The van der Waals surface area contributed by atoms with Crippen LogP contribution in [0.5, 0.6) is 0 Å². The van der Waals surface area contributed by atoms with E-state index in [-0.39, 0.29) is 6.03 Å². The molecule has 1 fully saturated rings. The van der Waals surface area contributed by atoms with E-state index in [9.17, 15) is 9.59 Å². The van der Waals surface area contributed by atoms with E-state index in [1.165, 1.54) is 12.8 Å². The largest absolute Gasteiger partial charge is 0.480 e. The first-order valence-corrected chi connectivity index (χ1v) is 8.51. The van der Waals surface area contributed by atoms with Gasteiger partial charge in [-0.2, -0.15) is 11.8 Å². The predicted molar refractivity (Wildman–Crippen MR) is 81.2 cm³/mol. The summed E-state index contributed by atoms with van der Waals surface area (Å²) in [5.41, 5.74) is 0. The molecule has 6 nitrogen and oxygen atoms in total. The maximum atomic E-state index is 11.6. The third-order valence-electron chi connectivity index (χ3n) is 3.35. The molecule has 1 rings (SSSR count). The monoisotopic (exact) mass is 303 g/mol. The Kier molecular flexibility index (Phi) is 8.45. The summed E-state index contributed by atoms with van der Waals surface area (Å²) in [6.07, 6.45) is 5.79. The minimum Gasteiger partial charge on any atom is -0.480 e. The molecule has 0 radical (unpaired) electrons. The Morgan fingerprint density at radius 3 is 2.65 bits per heavy atom. The molecule has 0 saturated carbocycles. The highest BCUT2D eigenvalue weighted by Crippen LogP contribution is 2.06. The standard InChI is InChI=1S/C13H25N3O3S/c1-20-10-5-11(12(17)18)15-13(19)14-6-4-9-16-7-2-3-8-16/h11H,2-10H2,1H3,(H,17,18)(H2,14,15,19)/t11-/m0/s1. The maximum absolute atomic E-state index is 11.6. The molecule has 7 heteroatoms. The number of amides is 2. The molecule has 1 heterocycles. The lowest BCUT2D eigenvalue weighted by molar-refractivity contribution is -0.139. The molecule has 0 aromatic heterocycles. The highest BCUT2D eigenvalue weighted by Gasteiger charge is 2.19. The molecule has 0 bridgehead atoms. The molecule has 1 atom stereocenters. The molecule has 1 saturated heterocycles. The van der Waals surface area contributed by atoms with E-state index in [0.717, 1.165) is 26.1 Å². The maximum Gasteiger partial charge on any atom is 0.326 e.